The number of nitrogens with zero attached hydrogens (tertiary/aromatic N) is 2. The fourth-order valence-corrected chi connectivity index (χ4v) is 6.50. The van der Waals surface area contributed by atoms with E-state index in [9.17, 15) is 24.3 Å². The molecular formula is C37H35ClN2O7. The summed E-state index contributed by atoms with van der Waals surface area (Å²) in [7, 11) is 3.00. The summed E-state index contributed by atoms with van der Waals surface area (Å²) in [6.07, 6.45) is -0.760. The second-order valence-electron chi connectivity index (χ2n) is 11.6. The molecule has 0 bridgehead atoms. The standard InChI is InChI=1S/C19H18ClNO3.C18H17NO4/c1-10-7-13-15(9-11(10)2)21(5-6-22)17-16(18(13)23)12(3)8-14(20)19(17)24-4;1-10-4-6-12-14(8-10)19(9-15(20)21)16-13(17(12)22)7-5-11(2)18(16)23-3/h6-9H,5H2,1-4H3;4-8H,9H2,1-3H3,(H,20,21)/i6T;. The Bertz CT molecular complexity index is 2450. The van der Waals surface area contributed by atoms with Gasteiger partial charge in [-0.2, -0.15) is 0 Å². The van der Waals surface area contributed by atoms with Crippen molar-refractivity contribution in [1.82, 2.24) is 9.13 Å². The lowest BCUT2D eigenvalue weighted by Crippen LogP contribution is -2.17. The Labute approximate surface area is 276 Å². The third-order valence-electron chi connectivity index (χ3n) is 8.51. The Hall–Kier alpha value is -5.15. The summed E-state index contributed by atoms with van der Waals surface area (Å²) in [6.45, 7) is 9.03. The highest BCUT2D eigenvalue weighted by Crippen LogP contribution is 2.36. The predicted octanol–water partition coefficient (Wildman–Crippen LogP) is 6.81. The molecule has 2 heterocycles. The van der Waals surface area contributed by atoms with Crippen LogP contribution in [-0.4, -0.2) is 40.7 Å². The fraction of sp³-hybridized carbons (Fsp3) is 0.243. The van der Waals surface area contributed by atoms with Gasteiger partial charge in [-0.15, -0.1) is 0 Å². The molecule has 0 spiro atoms. The van der Waals surface area contributed by atoms with Crippen molar-refractivity contribution in [2.45, 2.75) is 47.7 Å². The monoisotopic (exact) mass is 656 g/mol. The number of rotatable bonds is 6. The number of carbonyl (C=O) groups excluding carboxylic acids is 1. The number of aliphatic carboxylic acids is 1. The van der Waals surface area contributed by atoms with E-state index in [2.05, 4.69) is 0 Å². The van der Waals surface area contributed by atoms with Crippen LogP contribution in [0.2, 0.25) is 5.02 Å². The predicted molar refractivity (Wildman–Crippen MR) is 187 cm³/mol. The molecule has 0 amide bonds. The number of carboxylic acid groups (broad SMARTS) is 1. The van der Waals surface area contributed by atoms with E-state index in [1.54, 1.807) is 34.3 Å². The van der Waals surface area contributed by atoms with Crippen LogP contribution in [0.1, 0.15) is 29.2 Å². The van der Waals surface area contributed by atoms with Gasteiger partial charge in [0.05, 0.1) is 58.6 Å². The fourth-order valence-electron chi connectivity index (χ4n) is 6.17. The van der Waals surface area contributed by atoms with Crippen LogP contribution in [0.3, 0.4) is 0 Å². The normalized spacial score (nSPS) is 11.4. The molecule has 0 aliphatic rings. The molecule has 0 saturated heterocycles. The van der Waals surface area contributed by atoms with Crippen LogP contribution in [0, 0.1) is 34.6 Å². The van der Waals surface area contributed by atoms with Crippen LogP contribution in [0.15, 0.2) is 58.1 Å². The Morgan fingerprint density at radius 2 is 1.43 bits per heavy atom. The van der Waals surface area contributed by atoms with Crippen LogP contribution in [0.5, 0.6) is 11.5 Å². The molecule has 6 aromatic rings. The third kappa shape index (κ3) is 5.72. The number of methoxy groups -OCH3 is 2. The first-order valence-electron chi connectivity index (χ1n) is 15.3. The Morgan fingerprint density at radius 3 is 2.06 bits per heavy atom. The lowest BCUT2D eigenvalue weighted by atomic mass is 10.0. The smallest absolute Gasteiger partial charge is 0.323 e. The largest absolute Gasteiger partial charge is 0.494 e. The van der Waals surface area contributed by atoms with Crippen molar-refractivity contribution in [3.63, 3.8) is 0 Å². The molecule has 9 nitrogen and oxygen atoms in total. The minimum atomic E-state index is -0.971. The number of pyridine rings is 2. The number of carboxylic acids is 1. The number of halogens is 1. The van der Waals surface area contributed by atoms with Crippen LogP contribution in [0.4, 0.5) is 0 Å². The SMILES string of the molecule is COc1c(C)ccc2c(=O)c3ccc(C)cc3n(CC(=O)O)c12.[3H]C(=O)Cn1c2cc(C)c(C)cc2c(=O)c2c(C)cc(Cl)c(OC)c21. The molecule has 6 rings (SSSR count). The molecule has 1 N–H and O–H groups in total. The van der Waals surface area contributed by atoms with Crippen LogP contribution in [0.25, 0.3) is 43.6 Å². The number of hydrogen-bond acceptors (Lipinski definition) is 6. The van der Waals surface area contributed by atoms with Gasteiger partial charge in [0.1, 0.15) is 19.9 Å². The van der Waals surface area contributed by atoms with Crippen LogP contribution in [-0.2, 0) is 22.7 Å². The zero-order valence-electron chi connectivity index (χ0n) is 28.2. The molecule has 0 saturated carbocycles. The summed E-state index contributed by atoms with van der Waals surface area (Å²) in [5, 5.41) is 11.6. The van der Waals surface area contributed by atoms with Crippen molar-refractivity contribution in [3.05, 3.63) is 102 Å². The molecule has 47 heavy (non-hydrogen) atoms. The molecule has 10 heteroatoms. The first-order valence-corrected chi connectivity index (χ1v) is 15.2. The minimum Gasteiger partial charge on any atom is -0.494 e. The third-order valence-corrected chi connectivity index (χ3v) is 8.79. The average molecular weight is 657 g/mol. The van der Waals surface area contributed by atoms with Crippen LogP contribution >= 0.6 is 11.6 Å². The summed E-state index contributed by atoms with van der Waals surface area (Å²) in [4.78, 5) is 48.9. The Balaban J connectivity index is 0.000000188. The maximum absolute atomic E-state index is 13.1. The summed E-state index contributed by atoms with van der Waals surface area (Å²) < 4.78 is 21.6. The van der Waals surface area contributed by atoms with Gasteiger partial charge in [0.25, 0.3) is 0 Å². The summed E-state index contributed by atoms with van der Waals surface area (Å²) in [5.41, 5.74) is 6.44. The molecule has 0 unspecified atom stereocenters. The van der Waals surface area contributed by atoms with E-state index in [0.717, 1.165) is 22.3 Å². The summed E-state index contributed by atoms with van der Waals surface area (Å²) >= 11 is 6.30. The maximum Gasteiger partial charge on any atom is 0.323 e. The number of aryl methyl sites for hydroxylation is 5. The molecular weight excluding hydrogens is 620 g/mol. The van der Waals surface area contributed by atoms with E-state index in [1.807, 2.05) is 58.0 Å². The van der Waals surface area contributed by atoms with E-state index in [0.29, 0.717) is 65.7 Å². The highest BCUT2D eigenvalue weighted by Gasteiger charge is 2.20. The Morgan fingerprint density at radius 1 is 0.787 bits per heavy atom. The molecule has 242 valence electrons. The van der Waals surface area contributed by atoms with Crippen molar-refractivity contribution < 1.29 is 25.5 Å². The van der Waals surface area contributed by atoms with Gasteiger partial charge in [-0.05, 0) is 98.8 Å². The van der Waals surface area contributed by atoms with Gasteiger partial charge < -0.3 is 28.5 Å². The zero-order chi connectivity index (χ0) is 35.2. The first-order chi connectivity index (χ1) is 22.7. The number of fused-ring (bicyclic) bond motifs is 4. The van der Waals surface area contributed by atoms with Gasteiger partial charge in [-0.1, -0.05) is 23.7 Å². The van der Waals surface area contributed by atoms with Crippen molar-refractivity contribution in [1.29, 1.82) is 0 Å². The van der Waals surface area contributed by atoms with Crippen molar-refractivity contribution in [2.24, 2.45) is 0 Å². The molecule has 4 aromatic carbocycles. The summed E-state index contributed by atoms with van der Waals surface area (Å²) in [5.74, 6) is -0.105. The highest BCUT2D eigenvalue weighted by atomic mass is 35.5. The summed E-state index contributed by atoms with van der Waals surface area (Å²) in [6, 6.07) is 14.4. The minimum absolute atomic E-state index is 0.116. The molecule has 0 fully saturated rings. The zero-order valence-corrected chi connectivity index (χ0v) is 28.0. The molecule has 0 radical (unpaired) electrons. The quantitative estimate of drug-likeness (QED) is 0.155. The van der Waals surface area contributed by atoms with Gasteiger partial charge in [0, 0.05) is 10.8 Å². The van der Waals surface area contributed by atoms with Gasteiger partial charge in [0.15, 0.2) is 16.6 Å². The lowest BCUT2D eigenvalue weighted by molar-refractivity contribution is -0.137. The molecule has 2 aromatic heterocycles. The number of aldehydes is 1. The van der Waals surface area contributed by atoms with E-state index in [-0.39, 0.29) is 23.9 Å². The number of benzene rings is 4. The van der Waals surface area contributed by atoms with Crippen molar-refractivity contribution in [2.75, 3.05) is 14.2 Å². The lowest BCUT2D eigenvalue weighted by Gasteiger charge is -2.18. The van der Waals surface area contributed by atoms with Crippen molar-refractivity contribution >= 4 is 67.4 Å². The highest BCUT2D eigenvalue weighted by molar-refractivity contribution is 6.33. The maximum atomic E-state index is 13.1. The first kappa shape index (κ1) is 31.8. The number of ether oxygens (including phenoxy) is 2. The van der Waals surface area contributed by atoms with Crippen LogP contribution < -0.4 is 20.3 Å². The van der Waals surface area contributed by atoms with Gasteiger partial charge >= 0.3 is 5.97 Å². The van der Waals surface area contributed by atoms with Crippen molar-refractivity contribution in [3.8, 4) is 11.5 Å². The van der Waals surface area contributed by atoms with E-state index < -0.39 is 12.2 Å². The van der Waals surface area contributed by atoms with E-state index in [4.69, 9.17) is 22.4 Å². The number of carbonyl (C=O) groups is 2. The number of aromatic nitrogens is 2. The Kier molecular flexibility index (Phi) is 8.75. The second kappa shape index (κ2) is 12.9. The molecule has 0 atom stereocenters. The second-order valence-corrected chi connectivity index (χ2v) is 12.0. The molecule has 0 aliphatic carbocycles. The van der Waals surface area contributed by atoms with Gasteiger partial charge in [-0.25, -0.2) is 0 Å². The number of hydrogen-bond donors (Lipinski definition) is 1. The average Bonchev–Trinajstić information content (AvgIpc) is 3.01. The molecule has 0 aliphatic heterocycles. The van der Waals surface area contributed by atoms with Gasteiger partial charge in [-0.3, -0.25) is 14.4 Å². The van der Waals surface area contributed by atoms with E-state index >= 15 is 0 Å². The van der Waals surface area contributed by atoms with E-state index in [1.165, 1.54) is 14.2 Å². The van der Waals surface area contributed by atoms with Gasteiger partial charge in [0.2, 0.25) is 0 Å². The topological polar surface area (TPSA) is 117 Å².